The van der Waals surface area contributed by atoms with Crippen molar-refractivity contribution >= 4 is 48.9 Å². The van der Waals surface area contributed by atoms with E-state index in [1.165, 1.54) is 32.4 Å². The summed E-state index contributed by atoms with van der Waals surface area (Å²) in [6, 6.07) is 16.3. The maximum absolute atomic E-state index is 13.8. The molecule has 0 aliphatic heterocycles. The molecule has 9 nitrogen and oxygen atoms in total. The molecule has 0 saturated carbocycles. The van der Waals surface area contributed by atoms with Gasteiger partial charge in [0, 0.05) is 17.8 Å². The van der Waals surface area contributed by atoms with Gasteiger partial charge in [0.05, 0.1) is 35.0 Å². The number of fused-ring (bicyclic) bond motifs is 1. The van der Waals surface area contributed by atoms with Gasteiger partial charge in [0.15, 0.2) is 11.5 Å². The fourth-order valence-corrected chi connectivity index (χ4v) is 6.55. The lowest BCUT2D eigenvalue weighted by Crippen LogP contribution is -2.38. The summed E-state index contributed by atoms with van der Waals surface area (Å²) in [5.41, 5.74) is 2.53. The number of carbonyl (C=O) groups excluding carboxylic acids is 1. The van der Waals surface area contributed by atoms with E-state index in [9.17, 15) is 18.0 Å². The van der Waals surface area contributed by atoms with Crippen molar-refractivity contribution in [3.8, 4) is 11.5 Å². The monoisotopic (exact) mass is 555 g/mol. The molecule has 0 saturated heterocycles. The number of benzene rings is 3. The van der Waals surface area contributed by atoms with Crippen LogP contribution in [0.2, 0.25) is 0 Å². The Hall–Kier alpha value is -3.83. The predicted octanol–water partition coefficient (Wildman–Crippen LogP) is 4.80. The number of carbonyl (C=O) groups is 1. The van der Waals surface area contributed by atoms with Crippen molar-refractivity contribution < 1.29 is 22.7 Å². The highest BCUT2D eigenvalue weighted by Gasteiger charge is 2.28. The predicted molar refractivity (Wildman–Crippen MR) is 150 cm³/mol. The largest absolute Gasteiger partial charge is 0.493 e. The van der Waals surface area contributed by atoms with Crippen LogP contribution in [0.15, 0.2) is 70.4 Å². The Bertz CT molecular complexity index is 1640. The molecule has 0 aliphatic rings. The van der Waals surface area contributed by atoms with E-state index in [4.69, 9.17) is 9.47 Å². The van der Waals surface area contributed by atoms with Crippen molar-refractivity contribution in [2.24, 2.45) is 0 Å². The molecule has 0 bridgehead atoms. The van der Waals surface area contributed by atoms with Gasteiger partial charge in [0.1, 0.15) is 6.54 Å². The van der Waals surface area contributed by atoms with Gasteiger partial charge in [-0.1, -0.05) is 29.0 Å². The first-order valence-corrected chi connectivity index (χ1v) is 14.1. The molecule has 38 heavy (non-hydrogen) atoms. The molecule has 4 aromatic rings. The highest BCUT2D eigenvalue weighted by atomic mass is 32.2. The topological polar surface area (TPSA) is 107 Å². The molecule has 3 aromatic carbocycles. The molecule has 4 rings (SSSR count). The molecule has 200 valence electrons. The molecule has 0 aliphatic carbocycles. The Morgan fingerprint density at radius 2 is 1.68 bits per heavy atom. The van der Waals surface area contributed by atoms with E-state index in [-0.39, 0.29) is 21.6 Å². The van der Waals surface area contributed by atoms with E-state index >= 15 is 0 Å². The summed E-state index contributed by atoms with van der Waals surface area (Å²) in [7, 11) is -1.28. The Balaban J connectivity index is 1.67. The molecule has 1 aromatic heterocycles. The van der Waals surface area contributed by atoms with E-state index in [2.05, 4.69) is 5.32 Å². The summed E-state index contributed by atoms with van der Waals surface area (Å²) < 4.78 is 41.5. The number of anilines is 2. The molecule has 0 fully saturated rings. The van der Waals surface area contributed by atoms with Crippen LogP contribution in [-0.2, 0) is 14.8 Å². The van der Waals surface area contributed by atoms with E-state index in [1.807, 2.05) is 20.8 Å². The maximum Gasteiger partial charge on any atom is 0.308 e. The molecule has 0 atom stereocenters. The quantitative estimate of drug-likeness (QED) is 0.318. The first-order chi connectivity index (χ1) is 18.0. The second-order valence-corrected chi connectivity index (χ2v) is 11.8. The van der Waals surface area contributed by atoms with Gasteiger partial charge in [0.25, 0.3) is 10.0 Å². The number of hydrogen-bond acceptors (Lipinski definition) is 7. The molecule has 1 heterocycles. The Kier molecular flexibility index (Phi) is 7.79. The maximum atomic E-state index is 13.8. The van der Waals surface area contributed by atoms with Gasteiger partial charge in [-0.2, -0.15) is 0 Å². The normalized spacial score (nSPS) is 11.5. The van der Waals surface area contributed by atoms with Crippen LogP contribution >= 0.6 is 11.3 Å². The summed E-state index contributed by atoms with van der Waals surface area (Å²) >= 11 is 1.10. The minimum atomic E-state index is -4.16. The number of ether oxygens (including phenoxy) is 2. The molecular formula is C27H29N3O6S2. The third kappa shape index (κ3) is 5.39. The average Bonchev–Trinajstić information content (AvgIpc) is 3.22. The zero-order valence-electron chi connectivity index (χ0n) is 21.7. The van der Waals surface area contributed by atoms with Crippen LogP contribution in [-0.4, -0.2) is 39.7 Å². The average molecular weight is 556 g/mol. The number of nitrogens with zero attached hydrogens (tertiary/aromatic N) is 2. The SMILES string of the molecule is COc1ccc(S(=O)(=O)N(CC(=O)Nc2ccc3c(c2)sc(=O)n3C(C)C)c2ccc(C)cc2)cc1OC. The van der Waals surface area contributed by atoms with Gasteiger partial charge >= 0.3 is 4.87 Å². The smallest absolute Gasteiger partial charge is 0.308 e. The first kappa shape index (κ1) is 27.2. The zero-order chi connectivity index (χ0) is 27.6. The van der Waals surface area contributed by atoms with E-state index < -0.39 is 22.5 Å². The number of nitrogens with one attached hydrogen (secondary N) is 1. The lowest BCUT2D eigenvalue weighted by molar-refractivity contribution is -0.114. The molecule has 0 spiro atoms. The van der Waals surface area contributed by atoms with Gasteiger partial charge in [0.2, 0.25) is 5.91 Å². The van der Waals surface area contributed by atoms with Crippen LogP contribution < -0.4 is 24.0 Å². The van der Waals surface area contributed by atoms with Crippen LogP contribution in [0.1, 0.15) is 25.5 Å². The standard InChI is InChI=1S/C27H29N3O6S2/c1-17(2)30-22-12-8-19(14-25(22)37-27(30)32)28-26(31)16-29(20-9-6-18(3)7-10-20)38(33,34)21-11-13-23(35-4)24(15-21)36-5/h6-15,17H,16H2,1-5H3,(H,28,31). The number of aryl methyl sites for hydroxylation is 1. The molecule has 0 radical (unpaired) electrons. The molecule has 11 heteroatoms. The Morgan fingerprint density at radius 1 is 1.00 bits per heavy atom. The highest BCUT2D eigenvalue weighted by Crippen LogP contribution is 2.32. The third-order valence-corrected chi connectivity index (χ3v) is 8.65. The number of sulfonamides is 1. The van der Waals surface area contributed by atoms with E-state index in [1.54, 1.807) is 47.0 Å². The van der Waals surface area contributed by atoms with Crippen molar-refractivity contribution in [2.45, 2.75) is 31.7 Å². The van der Waals surface area contributed by atoms with Crippen molar-refractivity contribution in [3.63, 3.8) is 0 Å². The highest BCUT2D eigenvalue weighted by molar-refractivity contribution is 7.92. The van der Waals surface area contributed by atoms with Crippen LogP contribution in [0, 0.1) is 6.92 Å². The van der Waals surface area contributed by atoms with Crippen molar-refractivity contribution in [3.05, 3.63) is 75.9 Å². The van der Waals surface area contributed by atoms with Gasteiger partial charge in [-0.15, -0.1) is 0 Å². The summed E-state index contributed by atoms with van der Waals surface area (Å²) in [6.45, 7) is 5.28. The number of methoxy groups -OCH3 is 2. The summed E-state index contributed by atoms with van der Waals surface area (Å²) in [6.07, 6.45) is 0. The van der Waals surface area contributed by atoms with Crippen LogP contribution in [0.4, 0.5) is 11.4 Å². The van der Waals surface area contributed by atoms with E-state index in [0.29, 0.717) is 17.1 Å². The number of hydrogen-bond donors (Lipinski definition) is 1. The van der Waals surface area contributed by atoms with Crippen molar-refractivity contribution in [1.29, 1.82) is 0 Å². The number of rotatable bonds is 9. The second-order valence-electron chi connectivity index (χ2n) is 8.93. The van der Waals surface area contributed by atoms with Crippen molar-refractivity contribution in [2.75, 3.05) is 30.4 Å². The van der Waals surface area contributed by atoms with Crippen molar-refractivity contribution in [1.82, 2.24) is 4.57 Å². The van der Waals surface area contributed by atoms with Gasteiger partial charge < -0.3 is 14.8 Å². The fraction of sp³-hybridized carbons (Fsp3) is 0.259. The Morgan fingerprint density at radius 3 is 2.32 bits per heavy atom. The Labute approximate surface area is 225 Å². The summed E-state index contributed by atoms with van der Waals surface area (Å²) in [4.78, 5) is 25.4. The third-order valence-electron chi connectivity index (χ3n) is 5.97. The lowest BCUT2D eigenvalue weighted by Gasteiger charge is -2.24. The van der Waals surface area contributed by atoms with Crippen LogP contribution in [0.3, 0.4) is 0 Å². The molecule has 0 unspecified atom stereocenters. The number of amides is 1. The van der Waals surface area contributed by atoms with Gasteiger partial charge in [-0.05, 0) is 63.2 Å². The van der Waals surface area contributed by atoms with Crippen LogP contribution in [0.25, 0.3) is 10.2 Å². The number of aromatic nitrogens is 1. The van der Waals surface area contributed by atoms with Crippen LogP contribution in [0.5, 0.6) is 11.5 Å². The lowest BCUT2D eigenvalue weighted by atomic mass is 10.2. The van der Waals surface area contributed by atoms with Gasteiger partial charge in [-0.3, -0.25) is 18.5 Å². The minimum absolute atomic E-state index is 0.00143. The minimum Gasteiger partial charge on any atom is -0.493 e. The zero-order valence-corrected chi connectivity index (χ0v) is 23.4. The van der Waals surface area contributed by atoms with E-state index in [0.717, 1.165) is 31.4 Å². The summed E-state index contributed by atoms with van der Waals surface area (Å²) in [5.74, 6) is 0.0993. The fourth-order valence-electron chi connectivity index (χ4n) is 4.06. The molecule has 1 amide bonds. The van der Waals surface area contributed by atoms with Gasteiger partial charge in [-0.25, -0.2) is 8.42 Å². The number of thiazole rings is 1. The summed E-state index contributed by atoms with van der Waals surface area (Å²) in [5, 5.41) is 2.77. The molecule has 1 N–H and O–H groups in total. The second kappa shape index (κ2) is 10.9. The molecular weight excluding hydrogens is 526 g/mol. The first-order valence-electron chi connectivity index (χ1n) is 11.8.